The van der Waals surface area contributed by atoms with E-state index in [4.69, 9.17) is 4.74 Å². The van der Waals surface area contributed by atoms with Crippen LogP contribution < -0.4 is 4.90 Å². The van der Waals surface area contributed by atoms with E-state index in [1.165, 1.54) is 5.56 Å². The van der Waals surface area contributed by atoms with E-state index in [1.807, 2.05) is 28.0 Å². The molecule has 28 heavy (non-hydrogen) atoms. The molecule has 152 valence electrons. The lowest BCUT2D eigenvalue weighted by Gasteiger charge is -2.36. The minimum Gasteiger partial charge on any atom is -0.378 e. The molecule has 2 saturated heterocycles. The molecule has 7 nitrogen and oxygen atoms in total. The summed E-state index contributed by atoms with van der Waals surface area (Å²) >= 11 is 0. The molecular formula is C21H30N4O3. The molecule has 2 amide bonds. The highest BCUT2D eigenvalue weighted by Crippen LogP contribution is 2.31. The molecule has 0 aromatic heterocycles. The smallest absolute Gasteiger partial charge is 0.241 e. The molecule has 1 aromatic rings. The molecule has 2 fully saturated rings. The standard InChI is InChI=1S/C21H30N4O3/c1-17-14-18-4-2-3-5-19(18)25(17)21(27)16-23-8-6-22(7-9-23)15-20(26)24-10-12-28-13-11-24/h2-5,17H,6-16H2,1H3/t17-/m1/s1. The summed E-state index contributed by atoms with van der Waals surface area (Å²) in [6.45, 7) is 9.02. The Bertz CT molecular complexity index is 711. The Balaban J connectivity index is 1.25. The van der Waals surface area contributed by atoms with E-state index in [-0.39, 0.29) is 17.9 Å². The van der Waals surface area contributed by atoms with E-state index in [1.54, 1.807) is 0 Å². The van der Waals surface area contributed by atoms with Crippen molar-refractivity contribution in [1.29, 1.82) is 0 Å². The number of morpholine rings is 1. The van der Waals surface area contributed by atoms with Gasteiger partial charge >= 0.3 is 0 Å². The van der Waals surface area contributed by atoms with Gasteiger partial charge in [0.25, 0.3) is 0 Å². The van der Waals surface area contributed by atoms with Crippen LogP contribution in [0.5, 0.6) is 0 Å². The Hall–Kier alpha value is -1.96. The molecule has 0 saturated carbocycles. The van der Waals surface area contributed by atoms with E-state index in [9.17, 15) is 9.59 Å². The third-order valence-corrected chi connectivity index (χ3v) is 6.02. The predicted molar refractivity (Wildman–Crippen MR) is 107 cm³/mol. The molecule has 3 aliphatic heterocycles. The van der Waals surface area contributed by atoms with Crippen LogP contribution in [-0.2, 0) is 20.7 Å². The van der Waals surface area contributed by atoms with E-state index < -0.39 is 0 Å². The summed E-state index contributed by atoms with van der Waals surface area (Å²) in [7, 11) is 0. The maximum atomic E-state index is 13.0. The van der Waals surface area contributed by atoms with Gasteiger partial charge in [-0.05, 0) is 25.0 Å². The zero-order valence-electron chi connectivity index (χ0n) is 16.7. The third kappa shape index (κ3) is 4.21. The maximum Gasteiger partial charge on any atom is 0.241 e. The Morgan fingerprint density at radius 1 is 0.929 bits per heavy atom. The van der Waals surface area contributed by atoms with Gasteiger partial charge in [-0.3, -0.25) is 19.4 Å². The Morgan fingerprint density at radius 3 is 2.21 bits per heavy atom. The highest BCUT2D eigenvalue weighted by molar-refractivity contribution is 5.97. The van der Waals surface area contributed by atoms with Gasteiger partial charge in [0.2, 0.25) is 11.8 Å². The van der Waals surface area contributed by atoms with E-state index >= 15 is 0 Å². The Morgan fingerprint density at radius 2 is 1.54 bits per heavy atom. The van der Waals surface area contributed by atoms with E-state index in [0.29, 0.717) is 39.4 Å². The summed E-state index contributed by atoms with van der Waals surface area (Å²) in [4.78, 5) is 33.6. The number of fused-ring (bicyclic) bond motifs is 1. The second kappa shape index (κ2) is 8.59. The lowest BCUT2D eigenvalue weighted by molar-refractivity contribution is -0.137. The molecule has 1 atom stereocenters. The molecule has 0 unspecified atom stereocenters. The highest BCUT2D eigenvalue weighted by atomic mass is 16.5. The number of hydrogen-bond acceptors (Lipinski definition) is 5. The normalized spacial score (nSPS) is 23.7. The van der Waals surface area contributed by atoms with Crippen molar-refractivity contribution in [3.8, 4) is 0 Å². The molecule has 0 bridgehead atoms. The first kappa shape index (κ1) is 19.4. The molecule has 0 radical (unpaired) electrons. The molecule has 7 heteroatoms. The van der Waals surface area contributed by atoms with Gasteiger partial charge in [-0.1, -0.05) is 18.2 Å². The highest BCUT2D eigenvalue weighted by Gasteiger charge is 2.32. The van der Waals surface area contributed by atoms with Gasteiger partial charge in [-0.15, -0.1) is 0 Å². The fraction of sp³-hybridized carbons (Fsp3) is 0.619. The molecule has 1 aromatic carbocycles. The summed E-state index contributed by atoms with van der Waals surface area (Å²) in [6, 6.07) is 8.42. The monoisotopic (exact) mass is 386 g/mol. The van der Waals surface area contributed by atoms with Gasteiger partial charge < -0.3 is 14.5 Å². The summed E-state index contributed by atoms with van der Waals surface area (Å²) in [5.74, 6) is 0.366. The average molecular weight is 386 g/mol. The largest absolute Gasteiger partial charge is 0.378 e. The average Bonchev–Trinajstić information content (AvgIpc) is 3.06. The van der Waals surface area contributed by atoms with Gasteiger partial charge in [0.1, 0.15) is 0 Å². The lowest BCUT2D eigenvalue weighted by atomic mass is 10.1. The quantitative estimate of drug-likeness (QED) is 0.752. The van der Waals surface area contributed by atoms with Crippen LogP contribution in [0.25, 0.3) is 0 Å². The number of carbonyl (C=O) groups excluding carboxylic acids is 2. The van der Waals surface area contributed by atoms with Gasteiger partial charge in [-0.25, -0.2) is 0 Å². The number of piperazine rings is 1. The van der Waals surface area contributed by atoms with Crippen LogP contribution in [0.1, 0.15) is 12.5 Å². The number of carbonyl (C=O) groups is 2. The Kier molecular flexibility index (Phi) is 5.94. The van der Waals surface area contributed by atoms with Crippen molar-refractivity contribution in [3.63, 3.8) is 0 Å². The van der Waals surface area contributed by atoms with Crippen LogP contribution in [0.2, 0.25) is 0 Å². The first-order valence-electron chi connectivity index (χ1n) is 10.3. The van der Waals surface area contributed by atoms with Crippen molar-refractivity contribution in [2.24, 2.45) is 0 Å². The molecule has 0 N–H and O–H groups in total. The van der Waals surface area contributed by atoms with Crippen LogP contribution in [0.4, 0.5) is 5.69 Å². The topological polar surface area (TPSA) is 56.3 Å². The van der Waals surface area contributed by atoms with Crippen molar-refractivity contribution in [2.75, 3.05) is 70.5 Å². The number of amides is 2. The summed E-state index contributed by atoms with van der Waals surface area (Å²) in [5.41, 5.74) is 2.32. The molecule has 3 aliphatic rings. The molecular weight excluding hydrogens is 356 g/mol. The fourth-order valence-electron chi connectivity index (χ4n) is 4.42. The molecule has 0 aliphatic carbocycles. The van der Waals surface area contributed by atoms with Crippen molar-refractivity contribution >= 4 is 17.5 Å². The number of anilines is 1. The van der Waals surface area contributed by atoms with Crippen LogP contribution in [0, 0.1) is 0 Å². The zero-order valence-corrected chi connectivity index (χ0v) is 16.7. The summed E-state index contributed by atoms with van der Waals surface area (Å²) < 4.78 is 5.31. The second-order valence-electron chi connectivity index (χ2n) is 7.99. The molecule has 4 rings (SSSR count). The van der Waals surface area contributed by atoms with Gasteiger partial charge in [0, 0.05) is 51.0 Å². The molecule has 3 heterocycles. The predicted octanol–water partition coefficient (Wildman–Crippen LogP) is 0.441. The Labute approximate surface area is 166 Å². The van der Waals surface area contributed by atoms with Crippen LogP contribution in [0.3, 0.4) is 0 Å². The van der Waals surface area contributed by atoms with Crippen LogP contribution in [-0.4, -0.2) is 98.1 Å². The van der Waals surface area contributed by atoms with Gasteiger partial charge in [-0.2, -0.15) is 0 Å². The third-order valence-electron chi connectivity index (χ3n) is 6.02. The lowest BCUT2D eigenvalue weighted by Crippen LogP contribution is -2.53. The van der Waals surface area contributed by atoms with E-state index in [2.05, 4.69) is 22.8 Å². The minimum atomic E-state index is 0.176. The number of nitrogens with zero attached hydrogens (tertiary/aromatic N) is 4. The van der Waals surface area contributed by atoms with Crippen molar-refractivity contribution in [3.05, 3.63) is 29.8 Å². The van der Waals surface area contributed by atoms with E-state index in [0.717, 1.165) is 38.3 Å². The van der Waals surface area contributed by atoms with Crippen molar-refractivity contribution in [1.82, 2.24) is 14.7 Å². The number of ether oxygens (including phenoxy) is 1. The van der Waals surface area contributed by atoms with Crippen LogP contribution >= 0.6 is 0 Å². The number of para-hydroxylation sites is 1. The van der Waals surface area contributed by atoms with Gasteiger partial charge in [0.15, 0.2) is 0 Å². The fourth-order valence-corrected chi connectivity index (χ4v) is 4.42. The summed E-state index contributed by atoms with van der Waals surface area (Å²) in [6.07, 6.45) is 0.930. The number of benzene rings is 1. The first-order valence-corrected chi connectivity index (χ1v) is 10.3. The maximum absolute atomic E-state index is 13.0. The second-order valence-corrected chi connectivity index (χ2v) is 7.99. The molecule has 0 spiro atoms. The first-order chi connectivity index (χ1) is 13.6. The number of rotatable bonds is 4. The SMILES string of the molecule is C[C@@H]1Cc2ccccc2N1C(=O)CN1CCN(CC(=O)N2CCOCC2)CC1. The van der Waals surface area contributed by atoms with Crippen molar-refractivity contribution < 1.29 is 14.3 Å². The number of hydrogen-bond donors (Lipinski definition) is 0. The minimum absolute atomic E-state index is 0.176. The van der Waals surface area contributed by atoms with Crippen molar-refractivity contribution in [2.45, 2.75) is 19.4 Å². The zero-order chi connectivity index (χ0) is 19.5. The van der Waals surface area contributed by atoms with Gasteiger partial charge in [0.05, 0.1) is 26.3 Å². The summed E-state index contributed by atoms with van der Waals surface area (Å²) in [5, 5.41) is 0. The van der Waals surface area contributed by atoms with Crippen LogP contribution in [0.15, 0.2) is 24.3 Å².